The van der Waals surface area contributed by atoms with Crippen molar-refractivity contribution in [3.8, 4) is 5.75 Å². The predicted octanol–water partition coefficient (Wildman–Crippen LogP) is 5.18. The number of rotatable bonds is 2. The highest BCUT2D eigenvalue weighted by atomic mass is 32.1. The van der Waals surface area contributed by atoms with Crippen LogP contribution in [0.4, 0.5) is 0 Å². The molecule has 1 aliphatic heterocycles. The molecule has 0 saturated heterocycles. The molecule has 1 aromatic heterocycles. The van der Waals surface area contributed by atoms with Crippen LogP contribution < -0.4 is 4.43 Å². The van der Waals surface area contributed by atoms with E-state index < -0.39 is 0 Å². The second-order valence-electron chi connectivity index (χ2n) is 7.54. The Morgan fingerprint density at radius 2 is 1.95 bits per heavy atom. The number of thiophene rings is 1. The zero-order valence-electron chi connectivity index (χ0n) is 13.7. The Hall–Kier alpha value is -1.26. The molecule has 2 aromatic rings. The number of hydrogen-bond donors (Lipinski definition) is 0. The quantitative estimate of drug-likeness (QED) is 0.707. The van der Waals surface area contributed by atoms with Gasteiger partial charge in [0.05, 0.1) is 11.5 Å². The van der Waals surface area contributed by atoms with Gasteiger partial charge in [-0.05, 0) is 40.6 Å². The molecule has 0 saturated carbocycles. The van der Waals surface area contributed by atoms with Crippen molar-refractivity contribution in [3.05, 3.63) is 34.7 Å². The summed E-state index contributed by atoms with van der Waals surface area (Å²) in [7, 11) is 3.09. The zero-order valence-corrected chi connectivity index (χ0v) is 15.6. The van der Waals surface area contributed by atoms with Gasteiger partial charge in [-0.1, -0.05) is 34.6 Å². The molecule has 0 atom stereocenters. The summed E-state index contributed by atoms with van der Waals surface area (Å²) in [5, 5.41) is 1.19. The fourth-order valence-corrected chi connectivity index (χ4v) is 4.63. The standard InChI is InChI=1S/C18H21O2SSi/c1-17(2,3)16-15(19-10-18(16,4)5)14-9-11-8-12(20-22)6-7-13(11)21-14/h6-9H,10H2,1-5H3. The molecule has 0 bridgehead atoms. The zero-order chi connectivity index (χ0) is 16.1. The number of benzene rings is 1. The summed E-state index contributed by atoms with van der Waals surface area (Å²) in [6.07, 6.45) is 0. The van der Waals surface area contributed by atoms with Crippen molar-refractivity contribution < 1.29 is 9.16 Å². The van der Waals surface area contributed by atoms with Gasteiger partial charge < -0.3 is 9.16 Å². The van der Waals surface area contributed by atoms with Crippen LogP contribution in [-0.4, -0.2) is 17.1 Å². The SMILES string of the molecule is CC(C)(C)C1=C(c2cc3cc(O[Si])ccc3s2)OCC1(C)C. The molecule has 115 valence electrons. The van der Waals surface area contributed by atoms with Crippen LogP contribution in [0.15, 0.2) is 29.8 Å². The van der Waals surface area contributed by atoms with Crippen molar-refractivity contribution in [1.82, 2.24) is 0 Å². The van der Waals surface area contributed by atoms with E-state index in [-0.39, 0.29) is 10.8 Å². The average Bonchev–Trinajstić information content (AvgIpc) is 2.96. The summed E-state index contributed by atoms with van der Waals surface area (Å²) in [4.78, 5) is 1.21. The Labute approximate surface area is 139 Å². The molecular formula is C18H21O2SSi. The smallest absolute Gasteiger partial charge is 0.341 e. The van der Waals surface area contributed by atoms with Gasteiger partial charge >= 0.3 is 10.5 Å². The molecular weight excluding hydrogens is 308 g/mol. The Bertz CT molecular complexity index is 750. The van der Waals surface area contributed by atoms with Crippen LogP contribution >= 0.6 is 11.3 Å². The van der Waals surface area contributed by atoms with E-state index in [1.54, 1.807) is 11.3 Å². The molecule has 0 amide bonds. The molecule has 3 radical (unpaired) electrons. The molecule has 1 aromatic carbocycles. The molecule has 0 N–H and O–H groups in total. The van der Waals surface area contributed by atoms with E-state index in [0.29, 0.717) is 0 Å². The molecule has 0 fully saturated rings. The molecule has 0 unspecified atom stereocenters. The molecule has 22 heavy (non-hydrogen) atoms. The van der Waals surface area contributed by atoms with E-state index in [9.17, 15) is 0 Å². The van der Waals surface area contributed by atoms with Gasteiger partial charge in [0.2, 0.25) is 0 Å². The molecule has 2 nitrogen and oxygen atoms in total. The van der Waals surface area contributed by atoms with E-state index in [1.165, 1.54) is 20.5 Å². The van der Waals surface area contributed by atoms with Gasteiger partial charge in [0, 0.05) is 10.1 Å². The van der Waals surface area contributed by atoms with Crippen molar-refractivity contribution in [3.63, 3.8) is 0 Å². The third-order valence-corrected chi connectivity index (χ3v) is 5.41. The number of ether oxygens (including phenoxy) is 1. The maximum Gasteiger partial charge on any atom is 0.341 e. The third-order valence-electron chi connectivity index (χ3n) is 4.06. The van der Waals surface area contributed by atoms with E-state index >= 15 is 0 Å². The first-order chi connectivity index (χ1) is 10.2. The van der Waals surface area contributed by atoms with Crippen LogP contribution in [0.3, 0.4) is 0 Å². The first kappa shape index (κ1) is 15.6. The van der Waals surface area contributed by atoms with Gasteiger partial charge in [-0.3, -0.25) is 0 Å². The summed E-state index contributed by atoms with van der Waals surface area (Å²) in [6, 6.07) is 8.31. The lowest BCUT2D eigenvalue weighted by atomic mass is 9.72. The summed E-state index contributed by atoms with van der Waals surface area (Å²) in [5.74, 6) is 1.88. The van der Waals surface area contributed by atoms with E-state index in [2.05, 4.69) is 57.2 Å². The number of hydrogen-bond acceptors (Lipinski definition) is 3. The van der Waals surface area contributed by atoms with Gasteiger partial charge in [-0.25, -0.2) is 0 Å². The van der Waals surface area contributed by atoms with Crippen molar-refractivity contribution in [2.45, 2.75) is 34.6 Å². The van der Waals surface area contributed by atoms with Crippen LogP contribution in [0.1, 0.15) is 39.5 Å². The maximum absolute atomic E-state index is 6.13. The Balaban J connectivity index is 2.17. The van der Waals surface area contributed by atoms with Crippen molar-refractivity contribution in [1.29, 1.82) is 0 Å². The van der Waals surface area contributed by atoms with E-state index in [1.807, 2.05) is 12.1 Å². The fraction of sp³-hybridized carbons (Fsp3) is 0.444. The minimum atomic E-state index is 0.0770. The molecule has 4 heteroatoms. The Morgan fingerprint density at radius 3 is 2.59 bits per heavy atom. The lowest BCUT2D eigenvalue weighted by molar-refractivity contribution is 0.214. The van der Waals surface area contributed by atoms with Gasteiger partial charge in [0.25, 0.3) is 0 Å². The highest BCUT2D eigenvalue weighted by molar-refractivity contribution is 7.20. The van der Waals surface area contributed by atoms with Crippen LogP contribution in [0.5, 0.6) is 5.75 Å². The second kappa shape index (κ2) is 5.13. The monoisotopic (exact) mass is 329 g/mol. The summed E-state index contributed by atoms with van der Waals surface area (Å²) < 4.78 is 12.5. The van der Waals surface area contributed by atoms with Gasteiger partial charge in [-0.2, -0.15) is 0 Å². The molecule has 2 heterocycles. The van der Waals surface area contributed by atoms with Gasteiger partial charge in [0.1, 0.15) is 11.5 Å². The van der Waals surface area contributed by atoms with Crippen LogP contribution in [0.2, 0.25) is 0 Å². The Morgan fingerprint density at radius 1 is 1.23 bits per heavy atom. The topological polar surface area (TPSA) is 18.5 Å². The Kier molecular flexibility index (Phi) is 3.65. The summed E-state index contributed by atoms with van der Waals surface area (Å²) in [5.41, 5.74) is 1.58. The third kappa shape index (κ3) is 2.59. The fourth-order valence-electron chi connectivity index (χ4n) is 3.45. The largest absolute Gasteiger partial charge is 0.540 e. The molecule has 1 aliphatic rings. The highest BCUT2D eigenvalue weighted by Crippen LogP contribution is 2.51. The summed E-state index contributed by atoms with van der Waals surface area (Å²) >= 11 is 1.78. The molecule has 0 aliphatic carbocycles. The van der Waals surface area contributed by atoms with Crippen molar-refractivity contribution in [2.24, 2.45) is 10.8 Å². The van der Waals surface area contributed by atoms with Crippen LogP contribution in [-0.2, 0) is 4.74 Å². The van der Waals surface area contributed by atoms with Gasteiger partial charge in [-0.15, -0.1) is 11.3 Å². The van der Waals surface area contributed by atoms with E-state index in [4.69, 9.17) is 9.16 Å². The van der Waals surface area contributed by atoms with Gasteiger partial charge in [0.15, 0.2) is 0 Å². The maximum atomic E-state index is 6.13. The normalized spacial score (nSPS) is 17.9. The lowest BCUT2D eigenvalue weighted by Gasteiger charge is -2.30. The number of fused-ring (bicyclic) bond motifs is 1. The average molecular weight is 330 g/mol. The second-order valence-corrected chi connectivity index (χ2v) is 8.83. The van der Waals surface area contributed by atoms with E-state index in [0.717, 1.165) is 18.1 Å². The summed E-state index contributed by atoms with van der Waals surface area (Å²) in [6.45, 7) is 12.1. The first-order valence-electron chi connectivity index (χ1n) is 7.48. The highest BCUT2D eigenvalue weighted by Gasteiger charge is 2.41. The predicted molar refractivity (Wildman–Crippen MR) is 94.3 cm³/mol. The molecule has 0 spiro atoms. The minimum absolute atomic E-state index is 0.0770. The van der Waals surface area contributed by atoms with Crippen molar-refractivity contribution >= 4 is 37.7 Å². The van der Waals surface area contributed by atoms with Crippen LogP contribution in [0, 0.1) is 10.8 Å². The minimum Gasteiger partial charge on any atom is -0.540 e. The first-order valence-corrected chi connectivity index (χ1v) is 8.70. The molecule has 3 rings (SSSR count). The van der Waals surface area contributed by atoms with Crippen LogP contribution in [0.25, 0.3) is 15.8 Å². The van der Waals surface area contributed by atoms with Crippen molar-refractivity contribution in [2.75, 3.05) is 6.61 Å². The lowest BCUT2D eigenvalue weighted by Crippen LogP contribution is -2.24.